The van der Waals surface area contributed by atoms with E-state index in [1.165, 1.54) is 12.8 Å². The zero-order valence-electron chi connectivity index (χ0n) is 12.4. The number of nitrogens with zero attached hydrogens (tertiary/aromatic N) is 2. The van der Waals surface area contributed by atoms with E-state index in [1.807, 2.05) is 39.8 Å². The minimum atomic E-state index is 0.190. The molecule has 0 amide bonds. The summed E-state index contributed by atoms with van der Waals surface area (Å²) in [5.74, 6) is 0.380. The lowest BCUT2D eigenvalue weighted by Crippen LogP contribution is -2.00. The number of nitrogens with two attached hydrogens (primary N) is 2. The maximum Gasteiger partial charge on any atom is 0.0649 e. The summed E-state index contributed by atoms with van der Waals surface area (Å²) >= 11 is 0. The van der Waals surface area contributed by atoms with Crippen LogP contribution in [0.15, 0.2) is 0 Å². The maximum absolute atomic E-state index is 7.89. The molecule has 0 atom stereocenters. The Kier molecular flexibility index (Phi) is 26.1. The third kappa shape index (κ3) is 46.1. The highest BCUT2D eigenvalue weighted by Gasteiger charge is 1.83. The molecule has 0 spiro atoms. The van der Waals surface area contributed by atoms with Crippen LogP contribution in [0, 0.1) is 34.5 Å². The highest BCUT2D eigenvalue weighted by atomic mass is 14.5. The summed E-state index contributed by atoms with van der Waals surface area (Å²) in [5.41, 5.74) is 10.6. The van der Waals surface area contributed by atoms with Crippen molar-refractivity contribution < 1.29 is 0 Å². The molecule has 0 unspecified atom stereocenters. The van der Waals surface area contributed by atoms with Gasteiger partial charge in [-0.3, -0.25) is 0 Å². The standard InChI is InChI=1S/C6H16N2.2C4H7N/c7-5-3-1-2-4-6-8;2*1-4(2)3-5/h1-8H2;2*4H,1-2H3. The van der Waals surface area contributed by atoms with Crippen molar-refractivity contribution in [3.8, 4) is 12.1 Å². The minimum Gasteiger partial charge on any atom is -0.330 e. The first-order valence-electron chi connectivity index (χ1n) is 6.65. The molecule has 0 heterocycles. The van der Waals surface area contributed by atoms with Gasteiger partial charge in [0, 0.05) is 11.8 Å². The second kappa shape index (κ2) is 21.2. The van der Waals surface area contributed by atoms with Crippen molar-refractivity contribution in [1.82, 2.24) is 0 Å². The van der Waals surface area contributed by atoms with Crippen LogP contribution in [0.25, 0.3) is 0 Å². The largest absolute Gasteiger partial charge is 0.330 e. The molecule has 0 fully saturated rings. The molecule has 0 rings (SSSR count). The zero-order valence-corrected chi connectivity index (χ0v) is 12.4. The lowest BCUT2D eigenvalue weighted by molar-refractivity contribution is 0.653. The summed E-state index contributed by atoms with van der Waals surface area (Å²) in [6.45, 7) is 9.09. The van der Waals surface area contributed by atoms with Crippen molar-refractivity contribution in [2.24, 2.45) is 23.3 Å². The monoisotopic (exact) mass is 254 g/mol. The van der Waals surface area contributed by atoms with Gasteiger partial charge in [0.1, 0.15) is 0 Å². The van der Waals surface area contributed by atoms with Crippen LogP contribution in [0.2, 0.25) is 0 Å². The van der Waals surface area contributed by atoms with Crippen LogP contribution in [0.5, 0.6) is 0 Å². The highest BCUT2D eigenvalue weighted by Crippen LogP contribution is 1.95. The van der Waals surface area contributed by atoms with Gasteiger partial charge in [0.2, 0.25) is 0 Å². The third-order valence-corrected chi connectivity index (χ3v) is 1.67. The Morgan fingerprint density at radius 3 is 1.06 bits per heavy atom. The molecule has 0 aliphatic heterocycles. The first-order valence-corrected chi connectivity index (χ1v) is 6.65. The predicted octanol–water partition coefficient (Wildman–Crippen LogP) is 2.80. The Labute approximate surface area is 113 Å². The van der Waals surface area contributed by atoms with Gasteiger partial charge < -0.3 is 11.5 Å². The SMILES string of the molecule is CC(C)C#N.CC(C)C#N.NCCCCCCN. The average Bonchev–Trinajstić information content (AvgIpc) is 2.36. The topological polar surface area (TPSA) is 99.6 Å². The summed E-state index contributed by atoms with van der Waals surface area (Å²) in [6.07, 6.45) is 4.79. The number of rotatable bonds is 5. The van der Waals surface area contributed by atoms with Crippen molar-refractivity contribution in [3.63, 3.8) is 0 Å². The third-order valence-electron chi connectivity index (χ3n) is 1.67. The van der Waals surface area contributed by atoms with Crippen molar-refractivity contribution in [2.45, 2.75) is 53.4 Å². The molecule has 18 heavy (non-hydrogen) atoms. The van der Waals surface area contributed by atoms with Crippen LogP contribution in [-0.4, -0.2) is 13.1 Å². The first kappa shape index (κ1) is 22.1. The van der Waals surface area contributed by atoms with E-state index in [9.17, 15) is 0 Å². The van der Waals surface area contributed by atoms with Gasteiger partial charge in [-0.25, -0.2) is 0 Å². The molecule has 0 radical (unpaired) electrons. The molecule has 0 aliphatic carbocycles. The molecule has 0 aliphatic rings. The Hall–Kier alpha value is -1.10. The highest BCUT2D eigenvalue weighted by molar-refractivity contribution is 4.73. The van der Waals surface area contributed by atoms with Crippen molar-refractivity contribution in [1.29, 1.82) is 10.5 Å². The van der Waals surface area contributed by atoms with E-state index in [0.717, 1.165) is 25.9 Å². The second-order valence-corrected chi connectivity index (χ2v) is 4.56. The van der Waals surface area contributed by atoms with E-state index >= 15 is 0 Å². The van der Waals surface area contributed by atoms with Crippen molar-refractivity contribution in [2.75, 3.05) is 13.1 Å². The molecule has 0 aromatic carbocycles. The second-order valence-electron chi connectivity index (χ2n) is 4.56. The Balaban J connectivity index is -0.000000197. The van der Waals surface area contributed by atoms with Gasteiger partial charge in [0.05, 0.1) is 12.1 Å². The van der Waals surface area contributed by atoms with E-state index in [2.05, 4.69) is 0 Å². The van der Waals surface area contributed by atoms with E-state index < -0.39 is 0 Å². The van der Waals surface area contributed by atoms with Crippen molar-refractivity contribution >= 4 is 0 Å². The molecule has 0 aromatic heterocycles. The van der Waals surface area contributed by atoms with Crippen molar-refractivity contribution in [3.05, 3.63) is 0 Å². The lowest BCUT2D eigenvalue weighted by atomic mass is 10.2. The maximum atomic E-state index is 7.89. The summed E-state index contributed by atoms with van der Waals surface area (Å²) in [4.78, 5) is 0. The van der Waals surface area contributed by atoms with Crippen LogP contribution in [0.1, 0.15) is 53.4 Å². The molecule has 0 saturated carbocycles. The molecular weight excluding hydrogens is 224 g/mol. The summed E-state index contributed by atoms with van der Waals surface area (Å²) < 4.78 is 0. The van der Waals surface area contributed by atoms with Gasteiger partial charge in [0.25, 0.3) is 0 Å². The van der Waals surface area contributed by atoms with Crippen LogP contribution in [-0.2, 0) is 0 Å². The molecule has 4 nitrogen and oxygen atoms in total. The number of hydrogen-bond donors (Lipinski definition) is 2. The fourth-order valence-electron chi connectivity index (χ4n) is 0.642. The van der Waals surface area contributed by atoms with Crippen LogP contribution >= 0.6 is 0 Å². The van der Waals surface area contributed by atoms with Gasteiger partial charge >= 0.3 is 0 Å². The van der Waals surface area contributed by atoms with Gasteiger partial charge in [0.15, 0.2) is 0 Å². The van der Waals surface area contributed by atoms with E-state index in [1.54, 1.807) is 0 Å². The number of hydrogen-bond acceptors (Lipinski definition) is 4. The number of nitriles is 2. The first-order chi connectivity index (χ1) is 8.45. The Bertz CT molecular complexity index is 187. The molecule has 4 N–H and O–H groups in total. The normalized spacial score (nSPS) is 8.56. The predicted molar refractivity (Wildman–Crippen MR) is 77.5 cm³/mol. The van der Waals surface area contributed by atoms with Crippen LogP contribution in [0.4, 0.5) is 0 Å². The summed E-state index contributed by atoms with van der Waals surface area (Å²) in [5, 5.41) is 15.8. The lowest BCUT2D eigenvalue weighted by Gasteiger charge is -1.94. The van der Waals surface area contributed by atoms with E-state index in [-0.39, 0.29) is 11.8 Å². The van der Waals surface area contributed by atoms with Gasteiger partial charge in [-0.15, -0.1) is 0 Å². The van der Waals surface area contributed by atoms with E-state index in [0.29, 0.717) is 0 Å². The van der Waals surface area contributed by atoms with Gasteiger partial charge in [-0.05, 0) is 53.6 Å². The Morgan fingerprint density at radius 1 is 0.722 bits per heavy atom. The molecule has 0 bridgehead atoms. The van der Waals surface area contributed by atoms with Crippen LogP contribution < -0.4 is 11.5 Å². The smallest absolute Gasteiger partial charge is 0.0649 e. The number of unbranched alkanes of at least 4 members (excludes halogenated alkanes) is 3. The summed E-state index contributed by atoms with van der Waals surface area (Å²) in [7, 11) is 0. The summed E-state index contributed by atoms with van der Waals surface area (Å²) in [6, 6.07) is 4.06. The van der Waals surface area contributed by atoms with E-state index in [4.69, 9.17) is 22.0 Å². The van der Waals surface area contributed by atoms with Gasteiger partial charge in [-0.2, -0.15) is 10.5 Å². The average molecular weight is 254 g/mol. The zero-order chi connectivity index (χ0) is 14.8. The fraction of sp³-hybridized carbons (Fsp3) is 0.857. The molecule has 0 saturated heterocycles. The van der Waals surface area contributed by atoms with Gasteiger partial charge in [-0.1, -0.05) is 12.8 Å². The minimum absolute atomic E-state index is 0.190. The van der Waals surface area contributed by atoms with Crippen LogP contribution in [0.3, 0.4) is 0 Å². The Morgan fingerprint density at radius 2 is 0.944 bits per heavy atom. The molecule has 0 aromatic rings. The molecule has 4 heteroatoms. The fourth-order valence-corrected chi connectivity index (χ4v) is 0.642. The molecular formula is C14H30N4. The molecule has 106 valence electrons. The quantitative estimate of drug-likeness (QED) is 0.737.